The van der Waals surface area contributed by atoms with E-state index in [-0.39, 0.29) is 0 Å². The lowest BCUT2D eigenvalue weighted by Crippen LogP contribution is -1.72. The van der Waals surface area contributed by atoms with Gasteiger partial charge in [-0.2, -0.15) is 0 Å². The Hall–Kier alpha value is -1.29. The van der Waals surface area contributed by atoms with Crippen molar-refractivity contribution in [1.29, 1.82) is 0 Å². The monoisotopic (exact) mass is 133 g/mol. The van der Waals surface area contributed by atoms with Crippen molar-refractivity contribution in [2.45, 2.75) is 6.92 Å². The van der Waals surface area contributed by atoms with Gasteiger partial charge in [-0.05, 0) is 13.0 Å². The Labute approximate surface area is 62.2 Å². The molecule has 0 atom stereocenters. The molecule has 1 nitrogen and oxygen atoms in total. The maximum Gasteiger partial charge on any atom is 0.0277 e. The van der Waals surface area contributed by atoms with Crippen LogP contribution in [0.4, 0.5) is 0 Å². The quantitative estimate of drug-likeness (QED) is 0.309. The Kier molecular flexibility index (Phi) is 5.09. The molecule has 0 saturated heterocycles. The van der Waals surface area contributed by atoms with E-state index < -0.39 is 0 Å². The molecule has 0 N–H and O–H groups in total. The zero-order chi connectivity index (χ0) is 7.82. The Morgan fingerprint density at radius 1 is 1.60 bits per heavy atom. The number of aliphatic imine (C=N–C) groups is 1. The van der Waals surface area contributed by atoms with Crippen molar-refractivity contribution < 1.29 is 0 Å². The highest BCUT2D eigenvalue weighted by atomic mass is 14.6. The maximum absolute atomic E-state index is 3.79. The van der Waals surface area contributed by atoms with E-state index in [1.54, 1.807) is 26.3 Å². The molecule has 0 spiro atoms. The number of rotatable bonds is 2. The van der Waals surface area contributed by atoms with E-state index in [2.05, 4.69) is 23.4 Å². The molecule has 0 aliphatic rings. The van der Waals surface area contributed by atoms with E-state index in [0.717, 1.165) is 5.57 Å². The molecule has 0 aliphatic heterocycles. The van der Waals surface area contributed by atoms with Crippen LogP contribution in [-0.4, -0.2) is 13.3 Å². The molecule has 0 radical (unpaired) electrons. The second kappa shape index (κ2) is 5.84. The summed E-state index contributed by atoms with van der Waals surface area (Å²) in [5.41, 5.74) is 0.896. The summed E-state index contributed by atoms with van der Waals surface area (Å²) in [5, 5.41) is 0. The van der Waals surface area contributed by atoms with Crippen LogP contribution in [0.3, 0.4) is 0 Å². The van der Waals surface area contributed by atoms with Gasteiger partial charge in [0.25, 0.3) is 0 Å². The van der Waals surface area contributed by atoms with E-state index in [1.165, 1.54) is 0 Å². The second-order valence-electron chi connectivity index (χ2n) is 1.61. The molecular formula is C9H11N. The molecule has 0 aliphatic carbocycles. The van der Waals surface area contributed by atoms with Crippen molar-refractivity contribution in [2.24, 2.45) is 4.99 Å². The Bertz CT molecular complexity index is 211. The van der Waals surface area contributed by atoms with Gasteiger partial charge >= 0.3 is 0 Å². The summed E-state index contributed by atoms with van der Waals surface area (Å²) < 4.78 is 0. The lowest BCUT2D eigenvalue weighted by atomic mass is 10.2. The van der Waals surface area contributed by atoms with Crippen molar-refractivity contribution in [3.8, 4) is 11.8 Å². The van der Waals surface area contributed by atoms with Crippen LogP contribution in [0, 0.1) is 11.8 Å². The lowest BCUT2D eigenvalue weighted by Gasteiger charge is -1.82. The summed E-state index contributed by atoms with van der Waals surface area (Å²) in [6, 6.07) is 0. The molecule has 0 aromatic carbocycles. The predicted octanol–water partition coefficient (Wildman–Crippen LogP) is 1.82. The molecule has 52 valence electrons. The minimum absolute atomic E-state index is 0.896. The van der Waals surface area contributed by atoms with Crippen LogP contribution in [0.2, 0.25) is 0 Å². The third kappa shape index (κ3) is 3.68. The van der Waals surface area contributed by atoms with Gasteiger partial charge in [-0.1, -0.05) is 18.6 Å². The zero-order valence-electron chi connectivity index (χ0n) is 6.39. The van der Waals surface area contributed by atoms with Gasteiger partial charge in [0.15, 0.2) is 0 Å². The molecule has 0 aromatic rings. The standard InChI is InChI=1S/C9H11N/c1-4-6-9(5-2)7-8-10-3/h5,7-8H,2H2,1,3H3/b9-7-,10-8?. The molecule has 0 unspecified atom stereocenters. The fourth-order valence-electron chi connectivity index (χ4n) is 0.460. The van der Waals surface area contributed by atoms with Crippen molar-refractivity contribution in [3.05, 3.63) is 24.3 Å². The molecule has 0 rings (SSSR count). The highest BCUT2D eigenvalue weighted by Crippen LogP contribution is 1.89. The summed E-state index contributed by atoms with van der Waals surface area (Å²) in [6.07, 6.45) is 5.23. The van der Waals surface area contributed by atoms with E-state index >= 15 is 0 Å². The summed E-state index contributed by atoms with van der Waals surface area (Å²) in [5.74, 6) is 5.65. The van der Waals surface area contributed by atoms with Gasteiger partial charge in [0.1, 0.15) is 0 Å². The van der Waals surface area contributed by atoms with E-state index in [0.29, 0.717) is 0 Å². The van der Waals surface area contributed by atoms with Gasteiger partial charge in [0, 0.05) is 18.8 Å². The van der Waals surface area contributed by atoms with Crippen molar-refractivity contribution in [1.82, 2.24) is 0 Å². The van der Waals surface area contributed by atoms with Crippen LogP contribution >= 0.6 is 0 Å². The highest BCUT2D eigenvalue weighted by Gasteiger charge is 1.77. The number of nitrogens with zero attached hydrogens (tertiary/aromatic N) is 1. The number of hydrogen-bond donors (Lipinski definition) is 0. The fraction of sp³-hybridized carbons (Fsp3) is 0.222. The molecule has 0 aromatic heterocycles. The summed E-state index contributed by atoms with van der Waals surface area (Å²) >= 11 is 0. The Morgan fingerprint density at radius 3 is 2.70 bits per heavy atom. The molecule has 0 heterocycles. The highest BCUT2D eigenvalue weighted by molar-refractivity contribution is 5.74. The van der Waals surface area contributed by atoms with Gasteiger partial charge in [0.2, 0.25) is 0 Å². The first-order chi connectivity index (χ1) is 4.85. The van der Waals surface area contributed by atoms with Gasteiger partial charge in [-0.3, -0.25) is 4.99 Å². The lowest BCUT2D eigenvalue weighted by molar-refractivity contribution is 1.47. The first-order valence-corrected chi connectivity index (χ1v) is 3.02. The van der Waals surface area contributed by atoms with Gasteiger partial charge < -0.3 is 0 Å². The molecule has 0 fully saturated rings. The van der Waals surface area contributed by atoms with Crippen LogP contribution in [0.15, 0.2) is 29.3 Å². The fourth-order valence-corrected chi connectivity index (χ4v) is 0.460. The third-order valence-corrected chi connectivity index (χ3v) is 0.892. The molecule has 0 amide bonds. The van der Waals surface area contributed by atoms with Crippen molar-refractivity contribution in [3.63, 3.8) is 0 Å². The van der Waals surface area contributed by atoms with Crippen LogP contribution < -0.4 is 0 Å². The van der Waals surface area contributed by atoms with Crippen molar-refractivity contribution >= 4 is 6.21 Å². The molecule has 1 heteroatoms. The predicted molar refractivity (Wildman–Crippen MR) is 46.1 cm³/mol. The Morgan fingerprint density at radius 2 is 2.30 bits per heavy atom. The second-order valence-corrected chi connectivity index (χ2v) is 1.61. The number of allylic oxidation sites excluding steroid dienone is 3. The van der Waals surface area contributed by atoms with E-state index in [9.17, 15) is 0 Å². The SMILES string of the molecule is C=C/C(C#CC)=C/C=NC. The van der Waals surface area contributed by atoms with Crippen LogP contribution in [0.5, 0.6) is 0 Å². The van der Waals surface area contributed by atoms with Crippen LogP contribution in [0.25, 0.3) is 0 Å². The first-order valence-electron chi connectivity index (χ1n) is 3.02. The zero-order valence-corrected chi connectivity index (χ0v) is 6.39. The summed E-state index contributed by atoms with van der Waals surface area (Å²) in [6.45, 7) is 5.39. The molecule has 0 bridgehead atoms. The van der Waals surface area contributed by atoms with E-state index in [1.807, 2.05) is 6.08 Å². The molecule has 10 heavy (non-hydrogen) atoms. The van der Waals surface area contributed by atoms with Crippen molar-refractivity contribution in [2.75, 3.05) is 7.05 Å². The van der Waals surface area contributed by atoms with Gasteiger partial charge in [-0.25, -0.2) is 0 Å². The summed E-state index contributed by atoms with van der Waals surface area (Å²) in [7, 11) is 1.72. The number of hydrogen-bond acceptors (Lipinski definition) is 1. The average Bonchev–Trinajstić information content (AvgIpc) is 1.98. The largest absolute Gasteiger partial charge is 0.296 e. The van der Waals surface area contributed by atoms with Gasteiger partial charge in [0.05, 0.1) is 0 Å². The normalized spacial score (nSPS) is 10.8. The van der Waals surface area contributed by atoms with Crippen LogP contribution in [-0.2, 0) is 0 Å². The van der Waals surface area contributed by atoms with Crippen LogP contribution in [0.1, 0.15) is 6.92 Å². The molecular weight excluding hydrogens is 122 g/mol. The third-order valence-electron chi connectivity index (χ3n) is 0.892. The maximum atomic E-state index is 3.79. The molecule has 0 saturated carbocycles. The average molecular weight is 133 g/mol. The minimum atomic E-state index is 0.896. The minimum Gasteiger partial charge on any atom is -0.296 e. The summed E-state index contributed by atoms with van der Waals surface area (Å²) in [4.78, 5) is 3.79. The first kappa shape index (κ1) is 8.71. The smallest absolute Gasteiger partial charge is 0.0277 e. The van der Waals surface area contributed by atoms with E-state index in [4.69, 9.17) is 0 Å². The topological polar surface area (TPSA) is 12.4 Å². The van der Waals surface area contributed by atoms with Gasteiger partial charge in [-0.15, -0.1) is 5.92 Å². The Balaban J connectivity index is 4.28.